The summed E-state index contributed by atoms with van der Waals surface area (Å²) in [5.74, 6) is -0.781. The molecule has 0 saturated heterocycles. The molecule has 0 aliphatic carbocycles. The van der Waals surface area contributed by atoms with Crippen molar-refractivity contribution in [2.24, 2.45) is 5.92 Å². The lowest BCUT2D eigenvalue weighted by atomic mass is 10.1. The minimum Gasteiger partial charge on any atom is -0.403 e. The third-order valence-electron chi connectivity index (χ3n) is 0.795. The smallest absolute Gasteiger partial charge is 0.389 e. The number of carbonyl (C=O) groups is 1. The summed E-state index contributed by atoms with van der Waals surface area (Å²) in [5.41, 5.74) is 0. The predicted molar refractivity (Wildman–Crippen MR) is 31.6 cm³/mol. The Hall–Kier alpha value is -0.670. The second-order valence-electron chi connectivity index (χ2n) is 2.35. The minimum atomic E-state index is -2.98. The van der Waals surface area contributed by atoms with Crippen LogP contribution < -0.4 is 0 Å². The van der Waals surface area contributed by atoms with Crippen LogP contribution in [-0.2, 0) is 9.53 Å². The number of esters is 1. The van der Waals surface area contributed by atoms with Gasteiger partial charge in [-0.05, 0) is 5.92 Å². The summed E-state index contributed by atoms with van der Waals surface area (Å²) in [6.45, 7) is 0.533. The Morgan fingerprint density at radius 2 is 2.00 bits per heavy atom. The Bertz CT molecular complexity index is 100. The normalized spacial score (nSPS) is 10.6. The summed E-state index contributed by atoms with van der Waals surface area (Å²) in [5, 5.41) is 0. The molecule has 0 aliphatic rings. The Labute approximate surface area is 58.2 Å². The van der Waals surface area contributed by atoms with E-state index in [1.807, 2.05) is 0 Å². The molecule has 0 aromatic rings. The molecule has 0 unspecified atom stereocenters. The van der Waals surface area contributed by atoms with Crippen molar-refractivity contribution in [1.82, 2.24) is 0 Å². The van der Waals surface area contributed by atoms with E-state index in [0.717, 1.165) is 0 Å². The molecule has 0 rings (SSSR count). The van der Waals surface area contributed by atoms with E-state index >= 15 is 0 Å². The van der Waals surface area contributed by atoms with Crippen LogP contribution >= 0.6 is 0 Å². The average molecular weight is 152 g/mol. The van der Waals surface area contributed by atoms with Crippen LogP contribution in [0, 0.1) is 5.92 Å². The van der Waals surface area contributed by atoms with Crippen LogP contribution in [0.25, 0.3) is 0 Å². The highest BCUT2D eigenvalue weighted by atomic mass is 19.3. The molecule has 4 heteroatoms. The van der Waals surface area contributed by atoms with E-state index in [0.29, 0.717) is 0 Å². The van der Waals surface area contributed by atoms with E-state index in [-0.39, 0.29) is 12.3 Å². The van der Waals surface area contributed by atoms with Gasteiger partial charge in [-0.1, -0.05) is 13.8 Å². The predicted octanol–water partition coefficient (Wildman–Crippen LogP) is 1.80. The van der Waals surface area contributed by atoms with Gasteiger partial charge in [-0.3, -0.25) is 4.79 Å². The fourth-order valence-corrected chi connectivity index (χ4v) is 0.481. The zero-order valence-electron chi connectivity index (χ0n) is 5.93. The van der Waals surface area contributed by atoms with Crippen molar-refractivity contribution >= 4 is 5.97 Å². The Morgan fingerprint density at radius 1 is 1.50 bits per heavy atom. The van der Waals surface area contributed by atoms with Crippen LogP contribution in [0.4, 0.5) is 8.78 Å². The molecular weight excluding hydrogens is 142 g/mol. The van der Waals surface area contributed by atoms with Crippen molar-refractivity contribution in [3.63, 3.8) is 0 Å². The molecule has 0 N–H and O–H groups in total. The van der Waals surface area contributed by atoms with E-state index in [2.05, 4.69) is 4.74 Å². The number of carbonyl (C=O) groups excluding carboxylic acids is 1. The molecule has 60 valence electrons. The molecule has 0 aliphatic heterocycles. The number of rotatable bonds is 3. The second-order valence-corrected chi connectivity index (χ2v) is 2.35. The van der Waals surface area contributed by atoms with E-state index in [1.165, 1.54) is 0 Å². The van der Waals surface area contributed by atoms with Crippen molar-refractivity contribution in [2.75, 3.05) is 0 Å². The van der Waals surface area contributed by atoms with Gasteiger partial charge in [0.05, 0.1) is 0 Å². The zero-order chi connectivity index (χ0) is 8.15. The second kappa shape index (κ2) is 4.19. The van der Waals surface area contributed by atoms with Gasteiger partial charge < -0.3 is 4.74 Å². The highest BCUT2D eigenvalue weighted by molar-refractivity contribution is 5.69. The molecule has 0 spiro atoms. The molecular formula is C6H10F2O2. The largest absolute Gasteiger partial charge is 0.403 e. The average Bonchev–Trinajstić information content (AvgIpc) is 1.58. The van der Waals surface area contributed by atoms with Crippen LogP contribution in [0.3, 0.4) is 0 Å². The van der Waals surface area contributed by atoms with Crippen LogP contribution in [-0.4, -0.2) is 12.6 Å². The number of hydrogen-bond donors (Lipinski definition) is 0. The first kappa shape index (κ1) is 9.33. The monoisotopic (exact) mass is 152 g/mol. The van der Waals surface area contributed by atoms with Gasteiger partial charge in [0, 0.05) is 6.42 Å². The van der Waals surface area contributed by atoms with E-state index in [4.69, 9.17) is 0 Å². The Balaban J connectivity index is 3.44. The summed E-state index contributed by atoms with van der Waals surface area (Å²) in [6, 6.07) is 0. The minimum absolute atomic E-state index is 0.0460. The van der Waals surface area contributed by atoms with Gasteiger partial charge in [-0.25, -0.2) is 0 Å². The zero-order valence-corrected chi connectivity index (χ0v) is 5.93. The highest BCUT2D eigenvalue weighted by Crippen LogP contribution is 2.04. The van der Waals surface area contributed by atoms with E-state index in [1.54, 1.807) is 13.8 Å². The van der Waals surface area contributed by atoms with Crippen LogP contribution in [0.1, 0.15) is 20.3 Å². The molecule has 0 bridgehead atoms. The molecule has 0 aromatic heterocycles. The molecule has 0 fully saturated rings. The molecule has 0 radical (unpaired) electrons. The topological polar surface area (TPSA) is 26.3 Å². The van der Waals surface area contributed by atoms with Gasteiger partial charge in [-0.2, -0.15) is 8.78 Å². The molecule has 0 amide bonds. The standard InChI is InChI=1S/C6H10F2O2/c1-4(2)3-5(9)10-6(7)8/h4,6H,3H2,1-2H3. The first-order valence-corrected chi connectivity index (χ1v) is 3.00. The lowest BCUT2D eigenvalue weighted by molar-refractivity contribution is -0.176. The van der Waals surface area contributed by atoms with Crippen molar-refractivity contribution in [3.05, 3.63) is 0 Å². The maximum atomic E-state index is 11.3. The van der Waals surface area contributed by atoms with Gasteiger partial charge in [0.2, 0.25) is 0 Å². The maximum Gasteiger partial charge on any atom is 0.389 e. The van der Waals surface area contributed by atoms with Crippen LogP contribution in [0.5, 0.6) is 0 Å². The quantitative estimate of drug-likeness (QED) is 0.576. The Morgan fingerprint density at radius 3 is 2.30 bits per heavy atom. The van der Waals surface area contributed by atoms with E-state index in [9.17, 15) is 13.6 Å². The number of ether oxygens (including phenoxy) is 1. The molecule has 2 nitrogen and oxygen atoms in total. The van der Waals surface area contributed by atoms with E-state index < -0.39 is 12.6 Å². The van der Waals surface area contributed by atoms with Crippen LogP contribution in [0.15, 0.2) is 0 Å². The lowest BCUT2D eigenvalue weighted by Crippen LogP contribution is -2.11. The fraction of sp³-hybridized carbons (Fsp3) is 0.833. The third-order valence-corrected chi connectivity index (χ3v) is 0.795. The van der Waals surface area contributed by atoms with Crippen molar-refractivity contribution in [3.8, 4) is 0 Å². The molecule has 0 saturated carbocycles. The van der Waals surface area contributed by atoms with Gasteiger partial charge >= 0.3 is 12.6 Å². The third kappa shape index (κ3) is 5.47. The van der Waals surface area contributed by atoms with Crippen LogP contribution in [0.2, 0.25) is 0 Å². The van der Waals surface area contributed by atoms with Gasteiger partial charge in [-0.15, -0.1) is 0 Å². The number of hydrogen-bond acceptors (Lipinski definition) is 2. The van der Waals surface area contributed by atoms with Gasteiger partial charge in [0.15, 0.2) is 0 Å². The molecule has 0 aromatic carbocycles. The van der Waals surface area contributed by atoms with Gasteiger partial charge in [0.1, 0.15) is 0 Å². The van der Waals surface area contributed by atoms with Gasteiger partial charge in [0.25, 0.3) is 0 Å². The molecule has 0 atom stereocenters. The Kier molecular flexibility index (Phi) is 3.91. The summed E-state index contributed by atoms with van der Waals surface area (Å²) in [4.78, 5) is 10.4. The first-order chi connectivity index (χ1) is 4.52. The number of alkyl halides is 2. The van der Waals surface area contributed by atoms with Crippen molar-refractivity contribution in [1.29, 1.82) is 0 Å². The SMILES string of the molecule is CC(C)CC(=O)OC(F)F. The van der Waals surface area contributed by atoms with Crippen molar-refractivity contribution in [2.45, 2.75) is 26.9 Å². The van der Waals surface area contributed by atoms with Crippen molar-refractivity contribution < 1.29 is 18.3 Å². The lowest BCUT2D eigenvalue weighted by Gasteiger charge is -2.03. The first-order valence-electron chi connectivity index (χ1n) is 3.00. The maximum absolute atomic E-state index is 11.3. The highest BCUT2D eigenvalue weighted by Gasteiger charge is 2.11. The summed E-state index contributed by atoms with van der Waals surface area (Å²) >= 11 is 0. The molecule has 0 heterocycles. The summed E-state index contributed by atoms with van der Waals surface area (Å²) in [6.07, 6.45) is 0.0460. The summed E-state index contributed by atoms with van der Waals surface area (Å²) in [7, 11) is 0. The summed E-state index contributed by atoms with van der Waals surface area (Å²) < 4.78 is 26.2. The molecule has 10 heavy (non-hydrogen) atoms. The fourth-order valence-electron chi connectivity index (χ4n) is 0.481. The number of halogens is 2.